The highest BCUT2D eigenvalue weighted by Crippen LogP contribution is 2.28. The Bertz CT molecular complexity index is 392. The third kappa shape index (κ3) is 2.74. The summed E-state index contributed by atoms with van der Waals surface area (Å²) in [6, 6.07) is 7.13. The average molecular weight is 280 g/mol. The van der Waals surface area contributed by atoms with Crippen LogP contribution in [0.4, 0.5) is 0 Å². The number of allylic oxidation sites excluding steroid dienone is 1. The van der Waals surface area contributed by atoms with Crippen LogP contribution in [-0.2, 0) is 0 Å². The van der Waals surface area contributed by atoms with Crippen LogP contribution >= 0.6 is 15.9 Å². The summed E-state index contributed by atoms with van der Waals surface area (Å²) in [6.07, 6.45) is 3.87. The van der Waals surface area contributed by atoms with Crippen molar-refractivity contribution in [2.45, 2.75) is 32.2 Å². The van der Waals surface area contributed by atoms with Crippen LogP contribution in [0.15, 0.2) is 29.3 Å². The second-order valence-corrected chi connectivity index (χ2v) is 5.47. The number of benzene rings is 1. The van der Waals surface area contributed by atoms with Crippen molar-refractivity contribution in [3.63, 3.8) is 0 Å². The Balaban J connectivity index is 2.28. The van der Waals surface area contributed by atoms with Gasteiger partial charge in [0.2, 0.25) is 0 Å². The topological polar surface area (TPSA) is 12.0 Å². The Labute approximate surface area is 106 Å². The van der Waals surface area contributed by atoms with E-state index in [0.29, 0.717) is 6.04 Å². The Hall–Kier alpha value is -0.600. The number of piperidine rings is 1. The van der Waals surface area contributed by atoms with Crippen molar-refractivity contribution in [2.75, 3.05) is 6.54 Å². The minimum absolute atomic E-state index is 0.518. The number of halogens is 1. The second kappa shape index (κ2) is 5.15. The van der Waals surface area contributed by atoms with Gasteiger partial charge < -0.3 is 5.32 Å². The van der Waals surface area contributed by atoms with Crippen molar-refractivity contribution in [1.82, 2.24) is 5.32 Å². The Kier molecular flexibility index (Phi) is 3.82. The smallest absolute Gasteiger partial charge is 0.0320 e. The molecule has 0 radical (unpaired) electrons. The monoisotopic (exact) mass is 279 g/mol. The fraction of sp³-hybridized carbons (Fsp3) is 0.429. The van der Waals surface area contributed by atoms with E-state index in [2.05, 4.69) is 52.9 Å². The zero-order chi connectivity index (χ0) is 11.5. The standard InChI is InChI=1S/C14H18BrN/c1-10(2)11-7-12(9-13(15)8-11)14-5-3-4-6-16-14/h7-9,14,16H,1,3-6H2,2H3. The van der Waals surface area contributed by atoms with Gasteiger partial charge in [-0.15, -0.1) is 0 Å². The number of nitrogens with one attached hydrogen (secondary N) is 1. The minimum atomic E-state index is 0.518. The summed E-state index contributed by atoms with van der Waals surface area (Å²) in [5.74, 6) is 0. The first kappa shape index (κ1) is 11.9. The van der Waals surface area contributed by atoms with Crippen LogP contribution in [0.2, 0.25) is 0 Å². The van der Waals surface area contributed by atoms with Crippen molar-refractivity contribution in [1.29, 1.82) is 0 Å². The van der Waals surface area contributed by atoms with Gasteiger partial charge in [0.25, 0.3) is 0 Å². The van der Waals surface area contributed by atoms with Crippen molar-refractivity contribution in [3.05, 3.63) is 40.4 Å². The molecule has 0 amide bonds. The van der Waals surface area contributed by atoms with Gasteiger partial charge in [0.05, 0.1) is 0 Å². The molecule has 2 heteroatoms. The largest absolute Gasteiger partial charge is 0.310 e. The highest BCUT2D eigenvalue weighted by molar-refractivity contribution is 9.10. The summed E-state index contributed by atoms with van der Waals surface area (Å²) in [5.41, 5.74) is 3.74. The van der Waals surface area contributed by atoms with Crippen LogP contribution in [0.25, 0.3) is 5.57 Å². The summed E-state index contributed by atoms with van der Waals surface area (Å²) in [5, 5.41) is 3.58. The van der Waals surface area contributed by atoms with Crippen LogP contribution in [0, 0.1) is 0 Å². The highest BCUT2D eigenvalue weighted by atomic mass is 79.9. The Morgan fingerprint density at radius 1 is 1.38 bits per heavy atom. The molecule has 1 aromatic rings. The van der Waals surface area contributed by atoms with Crippen LogP contribution in [0.1, 0.15) is 43.4 Å². The molecule has 86 valence electrons. The SMILES string of the molecule is C=C(C)c1cc(Br)cc(C2CCCCN2)c1. The third-order valence-corrected chi connectivity index (χ3v) is 3.58. The lowest BCUT2D eigenvalue weighted by atomic mass is 9.95. The minimum Gasteiger partial charge on any atom is -0.310 e. The molecule has 0 spiro atoms. The van der Waals surface area contributed by atoms with Gasteiger partial charge in [-0.1, -0.05) is 34.5 Å². The first-order valence-corrected chi connectivity index (χ1v) is 6.66. The summed E-state index contributed by atoms with van der Waals surface area (Å²) >= 11 is 3.58. The molecule has 0 aliphatic carbocycles. The normalized spacial score (nSPS) is 20.8. The van der Waals surface area contributed by atoms with E-state index in [0.717, 1.165) is 16.6 Å². The maximum absolute atomic E-state index is 4.01. The van der Waals surface area contributed by atoms with E-state index in [1.165, 1.54) is 30.4 Å². The summed E-state index contributed by atoms with van der Waals surface area (Å²) < 4.78 is 1.15. The zero-order valence-corrected chi connectivity index (χ0v) is 11.3. The van der Waals surface area contributed by atoms with E-state index < -0.39 is 0 Å². The van der Waals surface area contributed by atoms with Gasteiger partial charge in [0, 0.05) is 10.5 Å². The molecule has 1 atom stereocenters. The summed E-state index contributed by atoms with van der Waals surface area (Å²) in [7, 11) is 0. The Morgan fingerprint density at radius 2 is 2.19 bits per heavy atom. The number of hydrogen-bond acceptors (Lipinski definition) is 1. The predicted molar refractivity (Wildman–Crippen MR) is 73.4 cm³/mol. The molecule has 1 fully saturated rings. The quantitative estimate of drug-likeness (QED) is 0.851. The second-order valence-electron chi connectivity index (χ2n) is 4.56. The molecule has 1 unspecified atom stereocenters. The van der Waals surface area contributed by atoms with E-state index in [9.17, 15) is 0 Å². The summed E-state index contributed by atoms with van der Waals surface area (Å²) in [6.45, 7) is 7.21. The van der Waals surface area contributed by atoms with E-state index in [1.807, 2.05) is 0 Å². The molecule has 0 saturated carbocycles. The first-order valence-electron chi connectivity index (χ1n) is 5.86. The van der Waals surface area contributed by atoms with Crippen LogP contribution in [-0.4, -0.2) is 6.54 Å². The van der Waals surface area contributed by atoms with Crippen LogP contribution in [0.3, 0.4) is 0 Å². The average Bonchev–Trinajstić information content (AvgIpc) is 2.29. The number of rotatable bonds is 2. The molecule has 1 nitrogen and oxygen atoms in total. The molecule has 1 N–H and O–H groups in total. The lowest BCUT2D eigenvalue weighted by Gasteiger charge is -2.24. The fourth-order valence-corrected chi connectivity index (χ4v) is 2.71. The van der Waals surface area contributed by atoms with E-state index in [4.69, 9.17) is 0 Å². The molecular formula is C14H18BrN. The maximum Gasteiger partial charge on any atom is 0.0320 e. The molecule has 1 aliphatic rings. The molecule has 1 saturated heterocycles. The predicted octanol–water partition coefficient (Wildman–Crippen LogP) is 4.30. The van der Waals surface area contributed by atoms with Gasteiger partial charge in [-0.2, -0.15) is 0 Å². The lowest BCUT2D eigenvalue weighted by molar-refractivity contribution is 0.412. The van der Waals surface area contributed by atoms with E-state index in [-0.39, 0.29) is 0 Å². The van der Waals surface area contributed by atoms with Crippen molar-refractivity contribution < 1.29 is 0 Å². The van der Waals surface area contributed by atoms with Crippen molar-refractivity contribution in [3.8, 4) is 0 Å². The molecule has 2 rings (SSSR count). The highest BCUT2D eigenvalue weighted by Gasteiger charge is 2.15. The van der Waals surface area contributed by atoms with Gasteiger partial charge in [-0.05, 0) is 55.6 Å². The molecule has 16 heavy (non-hydrogen) atoms. The van der Waals surface area contributed by atoms with Gasteiger partial charge >= 0.3 is 0 Å². The van der Waals surface area contributed by atoms with Crippen LogP contribution < -0.4 is 5.32 Å². The van der Waals surface area contributed by atoms with Gasteiger partial charge in [-0.3, -0.25) is 0 Å². The van der Waals surface area contributed by atoms with E-state index in [1.54, 1.807) is 0 Å². The molecule has 1 aliphatic heterocycles. The van der Waals surface area contributed by atoms with Gasteiger partial charge in [0.1, 0.15) is 0 Å². The molecule has 1 heterocycles. The number of hydrogen-bond donors (Lipinski definition) is 1. The molecular weight excluding hydrogens is 262 g/mol. The Morgan fingerprint density at radius 3 is 2.81 bits per heavy atom. The zero-order valence-electron chi connectivity index (χ0n) is 9.72. The van der Waals surface area contributed by atoms with Crippen molar-refractivity contribution in [2.24, 2.45) is 0 Å². The molecule has 1 aromatic carbocycles. The molecule has 0 aromatic heterocycles. The first-order chi connectivity index (χ1) is 7.66. The van der Waals surface area contributed by atoms with E-state index >= 15 is 0 Å². The van der Waals surface area contributed by atoms with Gasteiger partial charge in [0.15, 0.2) is 0 Å². The third-order valence-electron chi connectivity index (χ3n) is 3.13. The van der Waals surface area contributed by atoms with Crippen LogP contribution in [0.5, 0.6) is 0 Å². The van der Waals surface area contributed by atoms with Gasteiger partial charge in [-0.25, -0.2) is 0 Å². The lowest BCUT2D eigenvalue weighted by Crippen LogP contribution is -2.26. The van der Waals surface area contributed by atoms with Crippen molar-refractivity contribution >= 4 is 21.5 Å². The maximum atomic E-state index is 4.01. The molecule has 0 bridgehead atoms. The summed E-state index contributed by atoms with van der Waals surface area (Å²) in [4.78, 5) is 0. The fourth-order valence-electron chi connectivity index (χ4n) is 2.20.